The van der Waals surface area contributed by atoms with E-state index in [4.69, 9.17) is 5.11 Å². The Morgan fingerprint density at radius 3 is 2.79 bits per heavy atom. The number of carbonyl (C=O) groups is 2. The fourth-order valence-electron chi connectivity index (χ4n) is 1.61. The zero-order valence-corrected chi connectivity index (χ0v) is 11.5. The van der Waals surface area contributed by atoms with Crippen LogP contribution in [0.3, 0.4) is 0 Å². The lowest BCUT2D eigenvalue weighted by molar-refractivity contribution is 0.0686. The highest BCUT2D eigenvalue weighted by atomic mass is 79.9. The SMILES string of the molecule is Cn1ncc(NC(=O)c2cccc(Br)c2)c1C(=O)O. The molecule has 0 aliphatic carbocycles. The van der Waals surface area contributed by atoms with Gasteiger partial charge in [0.15, 0.2) is 5.69 Å². The van der Waals surface area contributed by atoms with Gasteiger partial charge in [-0.3, -0.25) is 9.48 Å². The Balaban J connectivity index is 2.27. The van der Waals surface area contributed by atoms with E-state index in [1.54, 1.807) is 24.3 Å². The number of benzene rings is 1. The predicted octanol–water partition coefficient (Wildman–Crippen LogP) is 2.13. The number of amides is 1. The van der Waals surface area contributed by atoms with Crippen molar-refractivity contribution in [2.24, 2.45) is 7.05 Å². The lowest BCUT2D eigenvalue weighted by Crippen LogP contribution is -2.15. The Labute approximate surface area is 117 Å². The largest absolute Gasteiger partial charge is 0.476 e. The molecule has 1 amide bonds. The molecule has 7 heteroatoms. The summed E-state index contributed by atoms with van der Waals surface area (Å²) in [5.74, 6) is -1.54. The van der Waals surface area contributed by atoms with Crippen LogP contribution in [0.1, 0.15) is 20.8 Å². The Kier molecular flexibility index (Phi) is 3.66. The van der Waals surface area contributed by atoms with Gasteiger partial charge >= 0.3 is 5.97 Å². The van der Waals surface area contributed by atoms with Crippen LogP contribution in [0.15, 0.2) is 34.9 Å². The van der Waals surface area contributed by atoms with Gasteiger partial charge in [0.1, 0.15) is 0 Å². The molecule has 0 saturated carbocycles. The van der Waals surface area contributed by atoms with Crippen molar-refractivity contribution in [3.63, 3.8) is 0 Å². The highest BCUT2D eigenvalue weighted by molar-refractivity contribution is 9.10. The lowest BCUT2D eigenvalue weighted by Gasteiger charge is -2.05. The number of carboxylic acids is 1. The van der Waals surface area contributed by atoms with Gasteiger partial charge in [-0.2, -0.15) is 5.10 Å². The summed E-state index contributed by atoms with van der Waals surface area (Å²) in [5.41, 5.74) is 0.526. The third-order valence-corrected chi connectivity index (χ3v) is 2.97. The zero-order chi connectivity index (χ0) is 14.0. The molecule has 1 aromatic carbocycles. The van der Waals surface area contributed by atoms with Gasteiger partial charge in [0.25, 0.3) is 5.91 Å². The molecule has 0 fully saturated rings. The molecule has 0 unspecified atom stereocenters. The van der Waals surface area contributed by atoms with Crippen LogP contribution >= 0.6 is 15.9 Å². The second-order valence-electron chi connectivity index (χ2n) is 3.80. The summed E-state index contributed by atoms with van der Waals surface area (Å²) in [4.78, 5) is 23.0. The first-order valence-corrected chi connectivity index (χ1v) is 6.10. The molecule has 0 bridgehead atoms. The van der Waals surface area contributed by atoms with Crippen molar-refractivity contribution in [3.05, 3.63) is 46.2 Å². The Morgan fingerprint density at radius 1 is 1.42 bits per heavy atom. The number of nitrogens with zero attached hydrogens (tertiary/aromatic N) is 2. The average Bonchev–Trinajstić information content (AvgIpc) is 2.70. The Bertz CT molecular complexity index is 651. The zero-order valence-electron chi connectivity index (χ0n) is 9.92. The van der Waals surface area contributed by atoms with Crippen molar-refractivity contribution in [1.29, 1.82) is 0 Å². The van der Waals surface area contributed by atoms with E-state index in [1.165, 1.54) is 17.9 Å². The highest BCUT2D eigenvalue weighted by Crippen LogP contribution is 2.17. The monoisotopic (exact) mass is 323 g/mol. The van der Waals surface area contributed by atoms with Gasteiger partial charge in [0, 0.05) is 17.1 Å². The molecular formula is C12H10BrN3O3. The average molecular weight is 324 g/mol. The van der Waals surface area contributed by atoms with E-state index in [0.29, 0.717) is 5.56 Å². The maximum absolute atomic E-state index is 12.0. The number of carboxylic acid groups (broad SMARTS) is 1. The number of halogens is 1. The molecule has 2 N–H and O–H groups in total. The first-order valence-electron chi connectivity index (χ1n) is 5.31. The van der Waals surface area contributed by atoms with Crippen molar-refractivity contribution in [1.82, 2.24) is 9.78 Å². The number of anilines is 1. The molecule has 98 valence electrons. The van der Waals surface area contributed by atoms with Crippen LogP contribution in [0.5, 0.6) is 0 Å². The molecule has 0 saturated heterocycles. The molecule has 2 rings (SSSR count). The lowest BCUT2D eigenvalue weighted by atomic mass is 10.2. The van der Waals surface area contributed by atoms with Crippen molar-refractivity contribution in [3.8, 4) is 0 Å². The molecule has 0 aliphatic rings. The molecule has 19 heavy (non-hydrogen) atoms. The van der Waals surface area contributed by atoms with Crippen LogP contribution in [0.25, 0.3) is 0 Å². The fourth-order valence-corrected chi connectivity index (χ4v) is 2.01. The van der Waals surface area contributed by atoms with Crippen LogP contribution in [-0.2, 0) is 7.05 Å². The minimum atomic E-state index is -1.15. The van der Waals surface area contributed by atoms with Crippen molar-refractivity contribution in [2.75, 3.05) is 5.32 Å². The maximum atomic E-state index is 12.0. The summed E-state index contributed by atoms with van der Waals surface area (Å²) in [6, 6.07) is 6.80. The number of rotatable bonds is 3. The number of hydrogen-bond acceptors (Lipinski definition) is 3. The smallest absolute Gasteiger partial charge is 0.356 e. The molecule has 6 nitrogen and oxygen atoms in total. The van der Waals surface area contributed by atoms with Gasteiger partial charge in [-0.1, -0.05) is 22.0 Å². The molecule has 0 spiro atoms. The molecule has 0 radical (unpaired) electrons. The minimum absolute atomic E-state index is 0.0663. The summed E-state index contributed by atoms with van der Waals surface area (Å²) in [7, 11) is 1.50. The molecule has 1 aromatic heterocycles. The topological polar surface area (TPSA) is 84.2 Å². The first-order chi connectivity index (χ1) is 8.99. The van der Waals surface area contributed by atoms with E-state index >= 15 is 0 Å². The van der Waals surface area contributed by atoms with Gasteiger partial charge in [-0.05, 0) is 18.2 Å². The summed E-state index contributed by atoms with van der Waals surface area (Å²) in [6.07, 6.45) is 1.30. The van der Waals surface area contributed by atoms with Gasteiger partial charge in [-0.15, -0.1) is 0 Å². The van der Waals surface area contributed by atoms with E-state index in [1.807, 2.05) is 0 Å². The number of carbonyl (C=O) groups excluding carboxylic acids is 1. The van der Waals surface area contributed by atoms with Gasteiger partial charge in [0.05, 0.1) is 11.9 Å². The van der Waals surface area contributed by atoms with Gasteiger partial charge < -0.3 is 10.4 Å². The number of aromatic nitrogens is 2. The van der Waals surface area contributed by atoms with Gasteiger partial charge in [0.2, 0.25) is 0 Å². The number of nitrogens with one attached hydrogen (secondary N) is 1. The fraction of sp³-hybridized carbons (Fsp3) is 0.0833. The van der Waals surface area contributed by atoms with Crippen LogP contribution in [0, 0.1) is 0 Å². The first kappa shape index (κ1) is 13.3. The summed E-state index contributed by atoms with van der Waals surface area (Å²) < 4.78 is 1.96. The molecule has 0 atom stereocenters. The van der Waals surface area contributed by atoms with Crippen molar-refractivity contribution >= 4 is 33.5 Å². The number of aromatic carboxylic acids is 1. The van der Waals surface area contributed by atoms with Crippen LogP contribution < -0.4 is 5.32 Å². The molecule has 1 heterocycles. The summed E-state index contributed by atoms with van der Waals surface area (Å²) >= 11 is 3.27. The van der Waals surface area contributed by atoms with Crippen LogP contribution in [0.4, 0.5) is 5.69 Å². The molecular weight excluding hydrogens is 314 g/mol. The van der Waals surface area contributed by atoms with Gasteiger partial charge in [-0.25, -0.2) is 4.79 Å². The van der Waals surface area contributed by atoms with Crippen LogP contribution in [-0.4, -0.2) is 26.8 Å². The second kappa shape index (κ2) is 5.23. The summed E-state index contributed by atoms with van der Waals surface area (Å²) in [5, 5.41) is 15.4. The van der Waals surface area contributed by atoms with Crippen LogP contribution in [0.2, 0.25) is 0 Å². The highest BCUT2D eigenvalue weighted by Gasteiger charge is 2.18. The molecule has 2 aromatic rings. The maximum Gasteiger partial charge on any atom is 0.356 e. The normalized spacial score (nSPS) is 10.2. The van der Waals surface area contributed by atoms with E-state index in [9.17, 15) is 9.59 Å². The van der Waals surface area contributed by atoms with E-state index in [2.05, 4.69) is 26.3 Å². The molecule has 0 aliphatic heterocycles. The second-order valence-corrected chi connectivity index (χ2v) is 4.72. The van der Waals surface area contributed by atoms with Crippen molar-refractivity contribution in [2.45, 2.75) is 0 Å². The number of aryl methyl sites for hydroxylation is 1. The third-order valence-electron chi connectivity index (χ3n) is 2.48. The third kappa shape index (κ3) is 2.82. The minimum Gasteiger partial charge on any atom is -0.476 e. The number of hydrogen-bond donors (Lipinski definition) is 2. The summed E-state index contributed by atoms with van der Waals surface area (Å²) in [6.45, 7) is 0. The van der Waals surface area contributed by atoms with E-state index < -0.39 is 11.9 Å². The Hall–Kier alpha value is -2.15. The Morgan fingerprint density at radius 2 is 2.16 bits per heavy atom. The predicted molar refractivity (Wildman–Crippen MR) is 72.3 cm³/mol. The van der Waals surface area contributed by atoms with E-state index in [0.717, 1.165) is 4.47 Å². The van der Waals surface area contributed by atoms with E-state index in [-0.39, 0.29) is 11.4 Å². The quantitative estimate of drug-likeness (QED) is 0.906. The standard InChI is InChI=1S/C12H10BrN3O3/c1-16-10(12(18)19)9(6-14-16)15-11(17)7-3-2-4-8(13)5-7/h2-6H,1H3,(H,15,17)(H,18,19). The van der Waals surface area contributed by atoms with Crippen molar-refractivity contribution < 1.29 is 14.7 Å².